The molecule has 2 aromatic rings. The summed E-state index contributed by atoms with van der Waals surface area (Å²) in [6, 6.07) is 13.6. The van der Waals surface area contributed by atoms with Gasteiger partial charge in [-0.1, -0.05) is 30.3 Å². The fraction of sp³-hybridized carbons (Fsp3) is 0.278. The van der Waals surface area contributed by atoms with E-state index in [4.69, 9.17) is 4.74 Å². The van der Waals surface area contributed by atoms with Crippen LogP contribution in [0.1, 0.15) is 17.9 Å². The van der Waals surface area contributed by atoms with Crippen molar-refractivity contribution in [2.45, 2.75) is 12.3 Å². The quantitative estimate of drug-likeness (QED) is 0.886. The lowest BCUT2D eigenvalue weighted by Crippen LogP contribution is -2.34. The van der Waals surface area contributed by atoms with E-state index in [9.17, 15) is 9.18 Å². The second kappa shape index (κ2) is 7.57. The third-order valence-corrected chi connectivity index (χ3v) is 4.99. The fourth-order valence-corrected chi connectivity index (χ4v) is 3.93. The standard InChI is InChI=1S/C18H19FN2O2S/c1-2-23-16-10-6-5-9-15(16)20-18(22)21-11-12-24-17(21)13-7-3-4-8-14(13)19/h3-10,17H,2,11-12H2,1H3,(H,20,22). The Balaban J connectivity index is 1.78. The molecule has 1 saturated heterocycles. The Labute approximate surface area is 145 Å². The van der Waals surface area contributed by atoms with Gasteiger partial charge in [-0.15, -0.1) is 11.8 Å². The lowest BCUT2D eigenvalue weighted by Gasteiger charge is -2.25. The number of thioether (sulfide) groups is 1. The molecular weight excluding hydrogens is 327 g/mol. The fourth-order valence-electron chi connectivity index (χ4n) is 2.65. The van der Waals surface area contributed by atoms with E-state index < -0.39 is 0 Å². The third kappa shape index (κ3) is 3.48. The average Bonchev–Trinajstić information content (AvgIpc) is 3.07. The first-order valence-corrected chi connectivity index (χ1v) is 8.91. The Morgan fingerprint density at radius 1 is 1.29 bits per heavy atom. The molecule has 1 aliphatic heterocycles. The number of anilines is 1. The number of rotatable bonds is 4. The van der Waals surface area contributed by atoms with Crippen LogP contribution in [0.3, 0.4) is 0 Å². The Bertz CT molecular complexity index is 726. The molecule has 6 heteroatoms. The predicted octanol–water partition coefficient (Wildman–Crippen LogP) is 4.50. The summed E-state index contributed by atoms with van der Waals surface area (Å²) in [5, 5.41) is 2.57. The number of hydrogen-bond donors (Lipinski definition) is 1. The number of urea groups is 1. The smallest absolute Gasteiger partial charge is 0.323 e. The molecule has 0 saturated carbocycles. The van der Waals surface area contributed by atoms with Gasteiger partial charge in [0.25, 0.3) is 0 Å². The van der Waals surface area contributed by atoms with Crippen molar-refractivity contribution in [1.82, 2.24) is 4.90 Å². The second-order valence-corrected chi connectivity index (χ2v) is 6.49. The van der Waals surface area contributed by atoms with Gasteiger partial charge in [0.15, 0.2) is 0 Å². The summed E-state index contributed by atoms with van der Waals surface area (Å²) in [7, 11) is 0. The van der Waals surface area contributed by atoms with Crippen molar-refractivity contribution in [1.29, 1.82) is 0 Å². The second-order valence-electron chi connectivity index (χ2n) is 5.30. The van der Waals surface area contributed by atoms with Crippen molar-refractivity contribution >= 4 is 23.5 Å². The van der Waals surface area contributed by atoms with Crippen LogP contribution in [-0.4, -0.2) is 29.8 Å². The van der Waals surface area contributed by atoms with Crippen molar-refractivity contribution in [3.63, 3.8) is 0 Å². The van der Waals surface area contributed by atoms with E-state index in [1.807, 2.05) is 25.1 Å². The van der Waals surface area contributed by atoms with Crippen molar-refractivity contribution in [2.24, 2.45) is 0 Å². The molecule has 0 bridgehead atoms. The molecule has 0 radical (unpaired) electrons. The molecule has 126 valence electrons. The molecule has 1 N–H and O–H groups in total. The van der Waals surface area contributed by atoms with Crippen LogP contribution in [0, 0.1) is 5.82 Å². The number of hydrogen-bond acceptors (Lipinski definition) is 3. The SMILES string of the molecule is CCOc1ccccc1NC(=O)N1CCSC1c1ccccc1F. The Morgan fingerprint density at radius 2 is 2.04 bits per heavy atom. The van der Waals surface area contributed by atoms with Crippen LogP contribution in [-0.2, 0) is 0 Å². The van der Waals surface area contributed by atoms with E-state index in [0.717, 1.165) is 5.75 Å². The molecule has 1 heterocycles. The summed E-state index contributed by atoms with van der Waals surface area (Å²) in [4.78, 5) is 14.3. The predicted molar refractivity (Wildman–Crippen MR) is 94.9 cm³/mol. The van der Waals surface area contributed by atoms with Gasteiger partial charge in [0.05, 0.1) is 12.3 Å². The number of nitrogens with zero attached hydrogens (tertiary/aromatic N) is 1. The Kier molecular flexibility index (Phi) is 5.25. The molecule has 1 unspecified atom stereocenters. The molecule has 1 fully saturated rings. The highest BCUT2D eigenvalue weighted by molar-refractivity contribution is 7.99. The van der Waals surface area contributed by atoms with E-state index in [1.165, 1.54) is 6.07 Å². The van der Waals surface area contributed by atoms with E-state index >= 15 is 0 Å². The van der Waals surface area contributed by atoms with E-state index in [2.05, 4.69) is 5.32 Å². The highest BCUT2D eigenvalue weighted by Crippen LogP contribution is 2.39. The first kappa shape index (κ1) is 16.6. The van der Waals surface area contributed by atoms with E-state index in [0.29, 0.717) is 30.2 Å². The van der Waals surface area contributed by atoms with E-state index in [-0.39, 0.29) is 17.2 Å². The topological polar surface area (TPSA) is 41.6 Å². The molecule has 1 aliphatic rings. The van der Waals surface area contributed by atoms with Crippen molar-refractivity contribution in [3.8, 4) is 5.75 Å². The molecule has 4 nitrogen and oxygen atoms in total. The molecule has 24 heavy (non-hydrogen) atoms. The number of benzene rings is 2. The third-order valence-electron chi connectivity index (χ3n) is 3.75. The van der Waals surface area contributed by atoms with Crippen LogP contribution >= 0.6 is 11.8 Å². The molecular formula is C18H19FN2O2S. The minimum atomic E-state index is -0.314. The lowest BCUT2D eigenvalue weighted by molar-refractivity contribution is 0.213. The summed E-state index contributed by atoms with van der Waals surface area (Å²) in [6.45, 7) is 2.99. The van der Waals surface area contributed by atoms with Gasteiger partial charge in [0.2, 0.25) is 0 Å². The van der Waals surface area contributed by atoms with Crippen LogP contribution in [0.2, 0.25) is 0 Å². The number of ether oxygens (including phenoxy) is 1. The first-order chi connectivity index (χ1) is 11.7. The van der Waals surface area contributed by atoms with Crippen LogP contribution in [0.25, 0.3) is 0 Å². The zero-order valence-electron chi connectivity index (χ0n) is 13.4. The van der Waals surface area contributed by atoms with Crippen LogP contribution < -0.4 is 10.1 Å². The highest BCUT2D eigenvalue weighted by atomic mass is 32.2. The lowest BCUT2D eigenvalue weighted by atomic mass is 10.2. The van der Waals surface area contributed by atoms with Gasteiger partial charge in [-0.2, -0.15) is 0 Å². The number of para-hydroxylation sites is 2. The monoisotopic (exact) mass is 346 g/mol. The van der Waals surface area contributed by atoms with Gasteiger partial charge < -0.3 is 15.0 Å². The summed E-state index contributed by atoms with van der Waals surface area (Å²) < 4.78 is 19.6. The van der Waals surface area contributed by atoms with Gasteiger partial charge in [-0.3, -0.25) is 0 Å². The zero-order valence-corrected chi connectivity index (χ0v) is 14.2. The summed E-state index contributed by atoms with van der Waals surface area (Å²) >= 11 is 1.56. The zero-order chi connectivity index (χ0) is 16.9. The van der Waals surface area contributed by atoms with Crippen LogP contribution in [0.5, 0.6) is 5.75 Å². The van der Waals surface area contributed by atoms with E-state index in [1.54, 1.807) is 40.9 Å². The molecule has 1 atom stereocenters. The first-order valence-electron chi connectivity index (χ1n) is 7.86. The molecule has 0 spiro atoms. The highest BCUT2D eigenvalue weighted by Gasteiger charge is 2.32. The van der Waals surface area contributed by atoms with Gasteiger partial charge in [0.1, 0.15) is 16.9 Å². The van der Waals surface area contributed by atoms with Crippen molar-refractivity contribution < 1.29 is 13.9 Å². The van der Waals surface area contributed by atoms with Gasteiger partial charge >= 0.3 is 6.03 Å². The normalized spacial score (nSPS) is 16.9. The van der Waals surface area contributed by atoms with Crippen LogP contribution in [0.4, 0.5) is 14.9 Å². The number of nitrogens with one attached hydrogen (secondary N) is 1. The number of carbonyl (C=O) groups is 1. The largest absolute Gasteiger partial charge is 0.492 e. The van der Waals surface area contributed by atoms with Crippen molar-refractivity contribution in [2.75, 3.05) is 24.2 Å². The van der Waals surface area contributed by atoms with Gasteiger partial charge in [0, 0.05) is 17.9 Å². The summed E-state index contributed by atoms with van der Waals surface area (Å²) in [5.41, 5.74) is 1.15. The maximum absolute atomic E-state index is 14.1. The molecule has 2 aromatic carbocycles. The number of carbonyl (C=O) groups excluding carboxylic acids is 1. The van der Waals surface area contributed by atoms with Crippen LogP contribution in [0.15, 0.2) is 48.5 Å². The maximum Gasteiger partial charge on any atom is 0.323 e. The Morgan fingerprint density at radius 3 is 2.83 bits per heavy atom. The summed E-state index contributed by atoms with van der Waals surface area (Å²) in [6.07, 6.45) is 0. The number of amides is 2. The maximum atomic E-state index is 14.1. The Hall–Kier alpha value is -2.21. The van der Waals surface area contributed by atoms with Gasteiger partial charge in [-0.25, -0.2) is 9.18 Å². The minimum absolute atomic E-state index is 0.250. The molecule has 2 amide bonds. The van der Waals surface area contributed by atoms with Crippen molar-refractivity contribution in [3.05, 3.63) is 59.9 Å². The number of halogens is 1. The molecule has 0 aromatic heterocycles. The molecule has 0 aliphatic carbocycles. The van der Waals surface area contributed by atoms with Gasteiger partial charge in [-0.05, 0) is 25.1 Å². The minimum Gasteiger partial charge on any atom is -0.492 e. The summed E-state index contributed by atoms with van der Waals surface area (Å²) in [5.74, 6) is 1.12. The molecule has 3 rings (SSSR count). The average molecular weight is 346 g/mol.